The minimum absolute atomic E-state index is 0.0824. The topological polar surface area (TPSA) is 53.4 Å². The molecule has 0 bridgehead atoms. The summed E-state index contributed by atoms with van der Waals surface area (Å²) in [5, 5.41) is 3.02. The van der Waals surface area contributed by atoms with Crippen LogP contribution in [0.25, 0.3) is 0 Å². The number of imidazole rings is 1. The molecule has 1 atom stereocenters. The van der Waals surface area contributed by atoms with Gasteiger partial charge in [0.2, 0.25) is 0 Å². The highest BCUT2D eigenvalue weighted by atomic mass is 16.2. The Morgan fingerprint density at radius 2 is 2.10 bits per heavy atom. The van der Waals surface area contributed by atoms with Gasteiger partial charge >= 0.3 is 6.03 Å². The summed E-state index contributed by atoms with van der Waals surface area (Å²) < 4.78 is 1.98. The van der Waals surface area contributed by atoms with Crippen molar-refractivity contribution in [2.75, 3.05) is 32.7 Å². The highest BCUT2D eigenvalue weighted by Gasteiger charge is 2.28. The Hall–Kier alpha value is -1.56. The van der Waals surface area contributed by atoms with E-state index in [1.54, 1.807) is 12.5 Å². The van der Waals surface area contributed by atoms with Crippen LogP contribution in [-0.4, -0.2) is 64.1 Å². The lowest BCUT2D eigenvalue weighted by Gasteiger charge is -2.37. The summed E-state index contributed by atoms with van der Waals surface area (Å²) in [6.07, 6.45) is 10.4. The first-order chi connectivity index (χ1) is 10.3. The Labute approximate surface area is 126 Å². The summed E-state index contributed by atoms with van der Waals surface area (Å²) >= 11 is 0. The molecule has 0 saturated carbocycles. The average Bonchev–Trinajstić information content (AvgIpc) is 3.21. The maximum absolute atomic E-state index is 12.3. The summed E-state index contributed by atoms with van der Waals surface area (Å²) in [5.41, 5.74) is 0. The number of carbonyl (C=O) groups is 1. The van der Waals surface area contributed by atoms with E-state index < -0.39 is 0 Å². The van der Waals surface area contributed by atoms with Crippen LogP contribution in [0.5, 0.6) is 0 Å². The van der Waals surface area contributed by atoms with E-state index in [0.29, 0.717) is 12.6 Å². The summed E-state index contributed by atoms with van der Waals surface area (Å²) in [6.45, 7) is 5.62. The average molecular weight is 291 g/mol. The van der Waals surface area contributed by atoms with E-state index in [4.69, 9.17) is 0 Å². The van der Waals surface area contributed by atoms with Crippen molar-refractivity contribution >= 4 is 6.03 Å². The number of hydrogen-bond donors (Lipinski definition) is 1. The molecule has 1 aromatic rings. The van der Waals surface area contributed by atoms with Crippen molar-refractivity contribution in [1.82, 2.24) is 24.7 Å². The third-order valence-corrected chi connectivity index (χ3v) is 4.55. The molecule has 0 aromatic carbocycles. The monoisotopic (exact) mass is 291 g/mol. The van der Waals surface area contributed by atoms with Crippen LogP contribution in [0.2, 0.25) is 0 Å². The normalized spacial score (nSPS) is 23.4. The Bertz CT molecular complexity index is 441. The third-order valence-electron chi connectivity index (χ3n) is 4.55. The van der Waals surface area contributed by atoms with E-state index in [9.17, 15) is 4.79 Å². The van der Waals surface area contributed by atoms with Gasteiger partial charge in [-0.15, -0.1) is 0 Å². The maximum atomic E-state index is 12.3. The van der Waals surface area contributed by atoms with Gasteiger partial charge < -0.3 is 14.8 Å². The second kappa shape index (κ2) is 6.93. The van der Waals surface area contributed by atoms with Crippen molar-refractivity contribution in [1.29, 1.82) is 0 Å². The lowest BCUT2D eigenvalue weighted by atomic mass is 10.0. The first-order valence-corrected chi connectivity index (χ1v) is 8.05. The lowest BCUT2D eigenvalue weighted by Crippen LogP contribution is -2.52. The third kappa shape index (κ3) is 3.75. The molecule has 1 aromatic heterocycles. The van der Waals surface area contributed by atoms with Crippen LogP contribution >= 0.6 is 0 Å². The maximum Gasteiger partial charge on any atom is 0.317 e. The van der Waals surface area contributed by atoms with Crippen molar-refractivity contribution in [3.8, 4) is 0 Å². The Balaban J connectivity index is 1.43. The predicted octanol–water partition coefficient (Wildman–Crippen LogP) is 1.15. The van der Waals surface area contributed by atoms with Gasteiger partial charge in [-0.1, -0.05) is 0 Å². The number of amides is 2. The van der Waals surface area contributed by atoms with E-state index in [-0.39, 0.29) is 6.03 Å². The summed E-state index contributed by atoms with van der Waals surface area (Å²) in [7, 11) is 0. The van der Waals surface area contributed by atoms with E-state index in [2.05, 4.69) is 15.2 Å². The number of nitrogens with one attached hydrogen (secondary N) is 1. The second-order valence-electron chi connectivity index (χ2n) is 6.02. The molecule has 1 N–H and O–H groups in total. The molecule has 2 amide bonds. The highest BCUT2D eigenvalue weighted by Crippen LogP contribution is 2.20. The number of nitrogens with zero attached hydrogens (tertiary/aromatic N) is 4. The van der Waals surface area contributed by atoms with Gasteiger partial charge in [0.05, 0.1) is 6.33 Å². The molecule has 3 heterocycles. The zero-order valence-corrected chi connectivity index (χ0v) is 12.6. The first-order valence-electron chi connectivity index (χ1n) is 8.05. The molecule has 3 rings (SSSR count). The molecule has 0 unspecified atom stereocenters. The molecule has 2 aliphatic rings. The Morgan fingerprint density at radius 3 is 2.86 bits per heavy atom. The van der Waals surface area contributed by atoms with Crippen LogP contribution in [0.4, 0.5) is 4.79 Å². The molecule has 2 saturated heterocycles. The zero-order valence-electron chi connectivity index (χ0n) is 12.6. The van der Waals surface area contributed by atoms with Crippen LogP contribution in [0.1, 0.15) is 25.7 Å². The fraction of sp³-hybridized carbons (Fsp3) is 0.733. The van der Waals surface area contributed by atoms with Crippen LogP contribution < -0.4 is 5.32 Å². The van der Waals surface area contributed by atoms with E-state index in [1.807, 2.05) is 15.7 Å². The van der Waals surface area contributed by atoms with Crippen molar-refractivity contribution in [2.45, 2.75) is 38.3 Å². The summed E-state index contributed by atoms with van der Waals surface area (Å²) in [4.78, 5) is 20.8. The molecule has 2 aliphatic heterocycles. The van der Waals surface area contributed by atoms with Gasteiger partial charge in [-0.25, -0.2) is 9.78 Å². The van der Waals surface area contributed by atoms with Gasteiger partial charge in [0, 0.05) is 44.6 Å². The van der Waals surface area contributed by atoms with Gasteiger partial charge in [-0.3, -0.25) is 4.90 Å². The van der Waals surface area contributed by atoms with E-state index >= 15 is 0 Å². The Kier molecular flexibility index (Phi) is 4.75. The van der Waals surface area contributed by atoms with Crippen LogP contribution in [0, 0.1) is 0 Å². The lowest BCUT2D eigenvalue weighted by molar-refractivity contribution is 0.125. The molecule has 0 aliphatic carbocycles. The Morgan fingerprint density at radius 1 is 1.24 bits per heavy atom. The highest BCUT2D eigenvalue weighted by molar-refractivity contribution is 5.74. The number of piperidine rings is 1. The summed E-state index contributed by atoms with van der Waals surface area (Å²) in [6, 6.07) is 0.652. The predicted molar refractivity (Wildman–Crippen MR) is 81.0 cm³/mol. The van der Waals surface area contributed by atoms with Gasteiger partial charge in [-0.05, 0) is 38.8 Å². The number of likely N-dealkylation sites (tertiary alicyclic amines) is 2. The largest absolute Gasteiger partial charge is 0.336 e. The van der Waals surface area contributed by atoms with Gasteiger partial charge in [-0.2, -0.15) is 0 Å². The van der Waals surface area contributed by atoms with Crippen molar-refractivity contribution < 1.29 is 4.79 Å². The minimum Gasteiger partial charge on any atom is -0.336 e. The van der Waals surface area contributed by atoms with E-state index in [0.717, 1.165) is 26.1 Å². The number of carbonyl (C=O) groups excluding carboxylic acids is 1. The molecule has 6 heteroatoms. The van der Waals surface area contributed by atoms with Gasteiger partial charge in [0.25, 0.3) is 0 Å². The number of hydrogen-bond acceptors (Lipinski definition) is 3. The summed E-state index contributed by atoms with van der Waals surface area (Å²) in [5.74, 6) is 0. The fourth-order valence-corrected chi connectivity index (χ4v) is 3.37. The van der Waals surface area contributed by atoms with E-state index in [1.165, 1.54) is 32.4 Å². The second-order valence-corrected chi connectivity index (χ2v) is 6.02. The van der Waals surface area contributed by atoms with Gasteiger partial charge in [0.15, 0.2) is 0 Å². The molecular weight excluding hydrogens is 266 g/mol. The first kappa shape index (κ1) is 14.4. The number of urea groups is 1. The molecule has 116 valence electrons. The number of rotatable bonds is 4. The number of aromatic nitrogens is 2. The van der Waals surface area contributed by atoms with Crippen LogP contribution in [-0.2, 0) is 6.54 Å². The molecule has 21 heavy (non-hydrogen) atoms. The van der Waals surface area contributed by atoms with Crippen molar-refractivity contribution in [3.63, 3.8) is 0 Å². The van der Waals surface area contributed by atoms with Crippen molar-refractivity contribution in [3.05, 3.63) is 18.7 Å². The smallest absolute Gasteiger partial charge is 0.317 e. The minimum atomic E-state index is 0.0824. The quantitative estimate of drug-likeness (QED) is 0.905. The fourth-order valence-electron chi connectivity index (χ4n) is 3.37. The standard InChI is InChI=1S/C15H25N5O/c21-15(17-6-11-18-10-5-16-13-18)20-9-3-4-14(12-20)19-7-1-2-8-19/h5,10,13-14H,1-4,6-9,11-12H2,(H,17,21)/t14-/m0/s1. The van der Waals surface area contributed by atoms with Crippen LogP contribution in [0.15, 0.2) is 18.7 Å². The van der Waals surface area contributed by atoms with Gasteiger partial charge in [0.1, 0.15) is 0 Å². The zero-order chi connectivity index (χ0) is 14.5. The SMILES string of the molecule is O=C(NCCn1ccnc1)N1CCC[C@H](N2CCCC2)C1. The molecule has 0 radical (unpaired) electrons. The van der Waals surface area contributed by atoms with Crippen LogP contribution in [0.3, 0.4) is 0 Å². The molecule has 6 nitrogen and oxygen atoms in total. The molecular formula is C15H25N5O. The van der Waals surface area contributed by atoms with Crippen molar-refractivity contribution in [2.24, 2.45) is 0 Å². The molecule has 0 spiro atoms. The molecule has 2 fully saturated rings.